The minimum Gasteiger partial charge on any atom is -0.504 e. The van der Waals surface area contributed by atoms with E-state index in [1.54, 1.807) is 12.1 Å². The summed E-state index contributed by atoms with van der Waals surface area (Å²) in [6, 6.07) is 4.88. The molecule has 0 radical (unpaired) electrons. The molecule has 0 heterocycles. The van der Waals surface area contributed by atoms with E-state index in [9.17, 15) is 5.11 Å². The standard InChI is InChI=1S/C10H15NO2/c1-7(4-5-11)8-2-3-9(12)10(13)6-8/h2-3,6-7,12-13H,4-5,11H2,1H3. The summed E-state index contributed by atoms with van der Waals surface area (Å²) in [7, 11) is 0. The van der Waals surface area contributed by atoms with Gasteiger partial charge >= 0.3 is 0 Å². The van der Waals surface area contributed by atoms with Crippen molar-refractivity contribution in [1.82, 2.24) is 0 Å². The van der Waals surface area contributed by atoms with Crippen molar-refractivity contribution in [3.8, 4) is 11.5 Å². The second-order valence-corrected chi connectivity index (χ2v) is 3.23. The normalized spacial score (nSPS) is 12.8. The van der Waals surface area contributed by atoms with Gasteiger partial charge in [-0.2, -0.15) is 0 Å². The molecule has 3 nitrogen and oxygen atoms in total. The number of phenolic OH excluding ortho intramolecular Hbond substituents is 2. The van der Waals surface area contributed by atoms with Crippen molar-refractivity contribution in [1.29, 1.82) is 0 Å². The van der Waals surface area contributed by atoms with Crippen LogP contribution in [0.4, 0.5) is 0 Å². The van der Waals surface area contributed by atoms with Gasteiger partial charge in [0, 0.05) is 0 Å². The highest BCUT2D eigenvalue weighted by atomic mass is 16.3. The molecule has 0 saturated carbocycles. The number of nitrogens with two attached hydrogens (primary N) is 1. The Labute approximate surface area is 77.8 Å². The van der Waals surface area contributed by atoms with E-state index in [0.717, 1.165) is 12.0 Å². The van der Waals surface area contributed by atoms with E-state index >= 15 is 0 Å². The van der Waals surface area contributed by atoms with Gasteiger partial charge in [-0.05, 0) is 36.6 Å². The second kappa shape index (κ2) is 4.14. The SMILES string of the molecule is CC(CCN)c1ccc(O)c(O)c1. The van der Waals surface area contributed by atoms with Crippen LogP contribution in [0.1, 0.15) is 24.8 Å². The number of phenols is 2. The number of hydrogen-bond acceptors (Lipinski definition) is 3. The monoisotopic (exact) mass is 181 g/mol. The average molecular weight is 181 g/mol. The molecule has 72 valence electrons. The van der Waals surface area contributed by atoms with Crippen LogP contribution in [-0.2, 0) is 0 Å². The quantitative estimate of drug-likeness (QED) is 0.620. The van der Waals surface area contributed by atoms with Crippen molar-refractivity contribution in [2.45, 2.75) is 19.3 Å². The Kier molecular flexibility index (Phi) is 3.14. The molecule has 1 aromatic rings. The third-order valence-corrected chi connectivity index (χ3v) is 2.17. The first kappa shape index (κ1) is 9.86. The van der Waals surface area contributed by atoms with Crippen molar-refractivity contribution in [2.75, 3.05) is 6.54 Å². The molecule has 0 fully saturated rings. The fraction of sp³-hybridized carbons (Fsp3) is 0.400. The van der Waals surface area contributed by atoms with Crippen LogP contribution in [-0.4, -0.2) is 16.8 Å². The van der Waals surface area contributed by atoms with Crippen LogP contribution in [0.3, 0.4) is 0 Å². The number of hydrogen-bond donors (Lipinski definition) is 3. The Morgan fingerprint density at radius 1 is 1.31 bits per heavy atom. The smallest absolute Gasteiger partial charge is 0.157 e. The predicted molar refractivity (Wildman–Crippen MR) is 51.9 cm³/mol. The lowest BCUT2D eigenvalue weighted by atomic mass is 9.97. The fourth-order valence-corrected chi connectivity index (χ4v) is 1.26. The third kappa shape index (κ3) is 2.36. The lowest BCUT2D eigenvalue weighted by Gasteiger charge is -2.10. The minimum atomic E-state index is -0.0799. The molecule has 1 unspecified atom stereocenters. The highest BCUT2D eigenvalue weighted by Crippen LogP contribution is 2.29. The minimum absolute atomic E-state index is 0.0682. The summed E-state index contributed by atoms with van der Waals surface area (Å²) in [5.41, 5.74) is 6.42. The molecule has 0 spiro atoms. The van der Waals surface area contributed by atoms with Gasteiger partial charge in [0.2, 0.25) is 0 Å². The maximum atomic E-state index is 9.24. The molecular formula is C10H15NO2. The lowest BCUT2D eigenvalue weighted by Crippen LogP contribution is -2.04. The summed E-state index contributed by atoms with van der Waals surface area (Å²) >= 11 is 0. The van der Waals surface area contributed by atoms with Gasteiger partial charge in [-0.3, -0.25) is 0 Å². The molecule has 1 aromatic carbocycles. The average Bonchev–Trinajstić information content (AvgIpc) is 2.10. The van der Waals surface area contributed by atoms with E-state index in [0.29, 0.717) is 12.5 Å². The van der Waals surface area contributed by atoms with Crippen molar-refractivity contribution in [3.05, 3.63) is 23.8 Å². The van der Waals surface area contributed by atoms with E-state index < -0.39 is 0 Å². The maximum Gasteiger partial charge on any atom is 0.157 e. The number of aromatic hydroxyl groups is 2. The van der Waals surface area contributed by atoms with Gasteiger partial charge in [-0.1, -0.05) is 13.0 Å². The fourth-order valence-electron chi connectivity index (χ4n) is 1.26. The molecule has 1 atom stereocenters. The van der Waals surface area contributed by atoms with Crippen molar-refractivity contribution < 1.29 is 10.2 Å². The van der Waals surface area contributed by atoms with Gasteiger partial charge in [0.15, 0.2) is 11.5 Å². The van der Waals surface area contributed by atoms with Gasteiger partial charge in [0.25, 0.3) is 0 Å². The Bertz CT molecular complexity index is 286. The Morgan fingerprint density at radius 3 is 2.54 bits per heavy atom. The Morgan fingerprint density at radius 2 is 2.00 bits per heavy atom. The van der Waals surface area contributed by atoms with E-state index in [-0.39, 0.29) is 11.5 Å². The molecule has 3 heteroatoms. The largest absolute Gasteiger partial charge is 0.504 e. The van der Waals surface area contributed by atoms with Crippen LogP contribution < -0.4 is 5.73 Å². The van der Waals surface area contributed by atoms with Crippen LogP contribution in [0.25, 0.3) is 0 Å². The summed E-state index contributed by atoms with van der Waals surface area (Å²) in [5, 5.41) is 18.3. The van der Waals surface area contributed by atoms with Crippen LogP contribution in [0.5, 0.6) is 11.5 Å². The molecule has 0 aliphatic rings. The molecular weight excluding hydrogens is 166 g/mol. The molecule has 0 aliphatic carbocycles. The van der Waals surface area contributed by atoms with Crippen molar-refractivity contribution in [2.24, 2.45) is 5.73 Å². The molecule has 13 heavy (non-hydrogen) atoms. The first-order chi connectivity index (χ1) is 6.15. The van der Waals surface area contributed by atoms with E-state index in [4.69, 9.17) is 10.8 Å². The van der Waals surface area contributed by atoms with E-state index in [2.05, 4.69) is 0 Å². The lowest BCUT2D eigenvalue weighted by molar-refractivity contribution is 0.402. The molecule has 1 rings (SSSR count). The van der Waals surface area contributed by atoms with Crippen LogP contribution in [0.15, 0.2) is 18.2 Å². The third-order valence-electron chi connectivity index (χ3n) is 2.17. The van der Waals surface area contributed by atoms with Crippen LogP contribution in [0.2, 0.25) is 0 Å². The maximum absolute atomic E-state index is 9.24. The predicted octanol–water partition coefficient (Wildman–Crippen LogP) is 1.55. The van der Waals surface area contributed by atoms with Crippen molar-refractivity contribution in [3.63, 3.8) is 0 Å². The molecule has 0 saturated heterocycles. The van der Waals surface area contributed by atoms with Gasteiger partial charge in [0.1, 0.15) is 0 Å². The summed E-state index contributed by atoms with van der Waals surface area (Å²) in [4.78, 5) is 0. The highest BCUT2D eigenvalue weighted by Gasteiger charge is 2.06. The number of rotatable bonds is 3. The summed E-state index contributed by atoms with van der Waals surface area (Å²) in [6.07, 6.45) is 0.879. The van der Waals surface area contributed by atoms with Crippen molar-refractivity contribution >= 4 is 0 Å². The highest BCUT2D eigenvalue weighted by molar-refractivity contribution is 5.41. The van der Waals surface area contributed by atoms with Gasteiger partial charge in [0.05, 0.1) is 0 Å². The number of benzene rings is 1. The Balaban J connectivity index is 2.84. The van der Waals surface area contributed by atoms with Crippen LogP contribution >= 0.6 is 0 Å². The zero-order valence-electron chi connectivity index (χ0n) is 7.70. The first-order valence-corrected chi connectivity index (χ1v) is 4.37. The summed E-state index contributed by atoms with van der Waals surface area (Å²) in [5.74, 6) is 0.168. The molecule has 0 aromatic heterocycles. The van der Waals surface area contributed by atoms with Gasteiger partial charge in [-0.15, -0.1) is 0 Å². The van der Waals surface area contributed by atoms with E-state index in [1.807, 2.05) is 6.92 Å². The topological polar surface area (TPSA) is 66.5 Å². The zero-order valence-corrected chi connectivity index (χ0v) is 7.70. The van der Waals surface area contributed by atoms with E-state index in [1.165, 1.54) is 6.07 Å². The molecule has 0 aliphatic heterocycles. The summed E-state index contributed by atoms with van der Waals surface area (Å²) < 4.78 is 0. The van der Waals surface area contributed by atoms with Gasteiger partial charge in [-0.25, -0.2) is 0 Å². The second-order valence-electron chi connectivity index (χ2n) is 3.23. The van der Waals surface area contributed by atoms with Gasteiger partial charge < -0.3 is 15.9 Å². The summed E-state index contributed by atoms with van der Waals surface area (Å²) in [6.45, 7) is 2.67. The molecule has 0 bridgehead atoms. The molecule has 0 amide bonds. The Hall–Kier alpha value is -1.22. The van der Waals surface area contributed by atoms with Crippen LogP contribution in [0, 0.1) is 0 Å². The zero-order chi connectivity index (χ0) is 9.84. The first-order valence-electron chi connectivity index (χ1n) is 4.37. The molecule has 4 N–H and O–H groups in total.